The van der Waals surface area contributed by atoms with Crippen LogP contribution in [0.15, 0.2) is 34.9 Å². The Morgan fingerprint density at radius 2 is 1.95 bits per heavy atom. The summed E-state index contributed by atoms with van der Waals surface area (Å²) in [4.78, 5) is 0. The van der Waals surface area contributed by atoms with Crippen LogP contribution in [0.2, 0.25) is 5.22 Å². The molecule has 1 heterocycles. The van der Waals surface area contributed by atoms with E-state index in [1.807, 2.05) is 6.92 Å². The van der Waals surface area contributed by atoms with Crippen molar-refractivity contribution >= 4 is 11.6 Å². The average Bonchev–Trinajstić information content (AvgIpc) is 2.79. The molecule has 0 aliphatic heterocycles. The maximum Gasteiger partial charge on any atom is 0.198 e. The highest BCUT2D eigenvalue weighted by atomic mass is 35.5. The zero-order chi connectivity index (χ0) is 13.8. The molecule has 0 aliphatic rings. The molecule has 1 N–H and O–H groups in total. The largest absolute Gasteiger partial charge is 0.453 e. The fraction of sp³-hybridized carbons (Fsp3) is 0.286. The zero-order valence-corrected chi connectivity index (χ0v) is 11.2. The first-order chi connectivity index (χ1) is 9.15. The van der Waals surface area contributed by atoms with Gasteiger partial charge in [-0.1, -0.05) is 13.0 Å². The summed E-state index contributed by atoms with van der Waals surface area (Å²) in [6, 6.07) is 4.75. The molecule has 5 heteroatoms. The van der Waals surface area contributed by atoms with Crippen molar-refractivity contribution in [1.29, 1.82) is 0 Å². The number of nitrogens with one attached hydrogen (secondary N) is 1. The second-order valence-electron chi connectivity index (χ2n) is 4.17. The van der Waals surface area contributed by atoms with Crippen LogP contribution in [0.1, 0.15) is 30.5 Å². The predicted octanol–water partition coefficient (Wildman–Crippen LogP) is 4.30. The highest BCUT2D eigenvalue weighted by Crippen LogP contribution is 2.32. The lowest BCUT2D eigenvalue weighted by Crippen LogP contribution is -2.25. The Bertz CT molecular complexity index is 536. The normalized spacial score (nSPS) is 12.6. The number of hydrogen-bond donors (Lipinski definition) is 1. The Morgan fingerprint density at radius 1 is 1.26 bits per heavy atom. The van der Waals surface area contributed by atoms with Gasteiger partial charge in [-0.15, -0.1) is 0 Å². The van der Waals surface area contributed by atoms with Gasteiger partial charge in [-0.05, 0) is 42.8 Å². The second kappa shape index (κ2) is 6.17. The van der Waals surface area contributed by atoms with Gasteiger partial charge in [0.2, 0.25) is 0 Å². The first-order valence-electron chi connectivity index (χ1n) is 6.05. The third-order valence-electron chi connectivity index (χ3n) is 2.84. The molecule has 1 atom stereocenters. The van der Waals surface area contributed by atoms with Gasteiger partial charge >= 0.3 is 0 Å². The van der Waals surface area contributed by atoms with Gasteiger partial charge in [0.1, 0.15) is 11.6 Å². The minimum Gasteiger partial charge on any atom is -0.453 e. The Balaban J connectivity index is 2.46. The topological polar surface area (TPSA) is 25.2 Å². The summed E-state index contributed by atoms with van der Waals surface area (Å²) in [5.41, 5.74) is 0.485. The highest BCUT2D eigenvalue weighted by molar-refractivity contribution is 6.29. The van der Waals surface area contributed by atoms with E-state index >= 15 is 0 Å². The van der Waals surface area contributed by atoms with Crippen molar-refractivity contribution in [3.63, 3.8) is 0 Å². The van der Waals surface area contributed by atoms with Crippen LogP contribution in [0.3, 0.4) is 0 Å². The van der Waals surface area contributed by atoms with Crippen molar-refractivity contribution in [1.82, 2.24) is 5.32 Å². The van der Waals surface area contributed by atoms with Crippen molar-refractivity contribution < 1.29 is 13.2 Å². The maximum absolute atomic E-state index is 13.9. The van der Waals surface area contributed by atoms with Gasteiger partial charge in [0.25, 0.3) is 0 Å². The second-order valence-corrected chi connectivity index (χ2v) is 4.52. The first kappa shape index (κ1) is 14.0. The minimum atomic E-state index is -0.660. The van der Waals surface area contributed by atoms with Gasteiger partial charge in [-0.25, -0.2) is 8.78 Å². The van der Waals surface area contributed by atoms with Gasteiger partial charge in [-0.3, -0.25) is 0 Å². The third-order valence-corrected chi connectivity index (χ3v) is 3.15. The lowest BCUT2D eigenvalue weighted by Gasteiger charge is -2.19. The van der Waals surface area contributed by atoms with E-state index < -0.39 is 17.7 Å². The van der Waals surface area contributed by atoms with E-state index in [2.05, 4.69) is 5.32 Å². The molecule has 0 fully saturated rings. The highest BCUT2D eigenvalue weighted by Gasteiger charge is 2.24. The fourth-order valence-electron chi connectivity index (χ4n) is 1.95. The van der Waals surface area contributed by atoms with E-state index in [4.69, 9.17) is 16.0 Å². The van der Waals surface area contributed by atoms with Gasteiger partial charge in [0.05, 0.1) is 12.3 Å². The summed E-state index contributed by atoms with van der Waals surface area (Å²) >= 11 is 5.92. The Morgan fingerprint density at radius 3 is 2.47 bits per heavy atom. The number of furan rings is 1. The Labute approximate surface area is 115 Å². The number of hydrogen-bond acceptors (Lipinski definition) is 2. The number of rotatable bonds is 5. The molecule has 2 nitrogen and oxygen atoms in total. The molecule has 1 unspecified atom stereocenters. The molecule has 1 aromatic heterocycles. The van der Waals surface area contributed by atoms with E-state index in [0.29, 0.717) is 12.1 Å². The zero-order valence-electron chi connectivity index (χ0n) is 10.4. The first-order valence-corrected chi connectivity index (χ1v) is 6.43. The van der Waals surface area contributed by atoms with E-state index in [9.17, 15) is 8.78 Å². The van der Waals surface area contributed by atoms with Crippen LogP contribution < -0.4 is 5.32 Å². The molecule has 0 saturated carbocycles. The van der Waals surface area contributed by atoms with Crippen LogP contribution >= 0.6 is 11.6 Å². The van der Waals surface area contributed by atoms with Crippen LogP contribution in [0, 0.1) is 11.6 Å². The molecule has 2 rings (SSSR count). The van der Waals surface area contributed by atoms with Crippen LogP contribution in [0.5, 0.6) is 0 Å². The molecule has 0 saturated heterocycles. The molecule has 0 spiro atoms. The molecular weight excluding hydrogens is 272 g/mol. The number of benzene rings is 1. The van der Waals surface area contributed by atoms with Crippen LogP contribution in [0.25, 0.3) is 0 Å². The monoisotopic (exact) mass is 285 g/mol. The maximum atomic E-state index is 13.9. The van der Waals surface area contributed by atoms with Gasteiger partial charge in [0.15, 0.2) is 5.22 Å². The molecule has 0 bridgehead atoms. The summed E-state index contributed by atoms with van der Waals surface area (Å²) < 4.78 is 32.8. The van der Waals surface area contributed by atoms with Crippen LogP contribution in [-0.4, -0.2) is 6.54 Å². The van der Waals surface area contributed by atoms with E-state index in [1.165, 1.54) is 24.5 Å². The summed E-state index contributed by atoms with van der Waals surface area (Å²) in [6.07, 6.45) is 2.24. The van der Waals surface area contributed by atoms with E-state index in [-0.39, 0.29) is 10.8 Å². The van der Waals surface area contributed by atoms with Crippen molar-refractivity contribution in [2.75, 3.05) is 6.54 Å². The molecule has 102 valence electrons. The average molecular weight is 286 g/mol. The molecule has 2 aromatic rings. The molecule has 0 amide bonds. The smallest absolute Gasteiger partial charge is 0.198 e. The molecule has 19 heavy (non-hydrogen) atoms. The summed E-state index contributed by atoms with van der Waals surface area (Å²) in [5, 5.41) is 3.22. The fourth-order valence-corrected chi connectivity index (χ4v) is 2.18. The molecule has 0 radical (unpaired) electrons. The van der Waals surface area contributed by atoms with E-state index in [1.54, 1.807) is 6.07 Å². The van der Waals surface area contributed by atoms with Gasteiger partial charge in [-0.2, -0.15) is 0 Å². The Hall–Kier alpha value is -1.39. The van der Waals surface area contributed by atoms with Crippen molar-refractivity contribution in [3.8, 4) is 0 Å². The summed E-state index contributed by atoms with van der Waals surface area (Å²) in [6.45, 7) is 2.58. The molecular formula is C14H14ClF2NO. The quantitative estimate of drug-likeness (QED) is 0.886. The summed E-state index contributed by atoms with van der Waals surface area (Å²) in [5.74, 6) is -1.21. The van der Waals surface area contributed by atoms with Crippen LogP contribution in [-0.2, 0) is 0 Å². The third kappa shape index (κ3) is 2.96. The van der Waals surface area contributed by atoms with Crippen LogP contribution in [0.4, 0.5) is 8.78 Å². The lowest BCUT2D eigenvalue weighted by atomic mass is 10.00. The standard InChI is InChI=1S/C14H14ClF2NO/c1-2-7-18-13(9-6-8-19-14(9)15)12-10(16)4-3-5-11(12)17/h3-6,8,13,18H,2,7H2,1H3. The number of halogens is 3. The predicted molar refractivity (Wildman–Crippen MR) is 70.2 cm³/mol. The Kier molecular flexibility index (Phi) is 4.56. The van der Waals surface area contributed by atoms with Gasteiger partial charge < -0.3 is 9.73 Å². The lowest BCUT2D eigenvalue weighted by molar-refractivity contribution is 0.497. The minimum absolute atomic E-state index is 0.0424. The SMILES string of the molecule is CCCNC(c1ccoc1Cl)c1c(F)cccc1F. The molecule has 1 aromatic carbocycles. The van der Waals surface area contributed by atoms with Crippen molar-refractivity contribution in [2.24, 2.45) is 0 Å². The summed E-state index contributed by atoms with van der Waals surface area (Å²) in [7, 11) is 0. The van der Waals surface area contributed by atoms with Crippen molar-refractivity contribution in [3.05, 3.63) is 58.5 Å². The van der Waals surface area contributed by atoms with Crippen molar-refractivity contribution in [2.45, 2.75) is 19.4 Å². The van der Waals surface area contributed by atoms with Gasteiger partial charge in [0, 0.05) is 11.1 Å². The van der Waals surface area contributed by atoms with E-state index in [0.717, 1.165) is 6.42 Å². The molecule has 0 aliphatic carbocycles.